The van der Waals surface area contributed by atoms with Crippen molar-refractivity contribution in [2.75, 3.05) is 7.11 Å². The van der Waals surface area contributed by atoms with Crippen LogP contribution in [0.4, 0.5) is 4.39 Å². The minimum Gasteiger partial charge on any atom is -0.507 e. The zero-order valence-corrected chi connectivity index (χ0v) is 18.4. The number of phenols is 1. The number of carbonyl (C=O) groups is 2. The highest BCUT2D eigenvalue weighted by Crippen LogP contribution is 2.43. The topological polar surface area (TPSA) is 106 Å². The third-order valence-electron chi connectivity index (χ3n) is 5.77. The molecule has 0 spiro atoms. The molecule has 1 heterocycles. The summed E-state index contributed by atoms with van der Waals surface area (Å²) in [6.07, 6.45) is 3.67. The molecule has 9 heteroatoms. The van der Waals surface area contributed by atoms with E-state index in [0.717, 1.165) is 0 Å². The molecule has 1 unspecified atom stereocenters. The Labute approximate surface area is 194 Å². The third-order valence-corrected chi connectivity index (χ3v) is 5.99. The molecule has 2 aromatic carbocycles. The number of aromatic nitrogens is 1. The number of aromatic hydroxyl groups is 1. The van der Waals surface area contributed by atoms with Crippen LogP contribution >= 0.6 is 11.6 Å². The molecule has 0 bridgehead atoms. The zero-order chi connectivity index (χ0) is 23.7. The average Bonchev–Trinajstić information content (AvgIpc) is 3.20. The molecule has 1 aliphatic rings. The van der Waals surface area contributed by atoms with Crippen molar-refractivity contribution in [1.82, 2.24) is 9.88 Å². The number of primary amides is 1. The van der Waals surface area contributed by atoms with Crippen molar-refractivity contribution >= 4 is 23.4 Å². The minimum absolute atomic E-state index is 0.0538. The Morgan fingerprint density at radius 1 is 1.30 bits per heavy atom. The Bertz CT molecular complexity index is 1220. The van der Waals surface area contributed by atoms with Gasteiger partial charge in [0.2, 0.25) is 5.91 Å². The number of nitrogens with zero attached hydrogens (tertiary/aromatic N) is 2. The van der Waals surface area contributed by atoms with E-state index >= 15 is 0 Å². The van der Waals surface area contributed by atoms with Gasteiger partial charge < -0.3 is 20.5 Å². The second-order valence-corrected chi connectivity index (χ2v) is 8.13. The molecular formula is C24H21ClFN3O4. The molecule has 2 atom stereocenters. The number of fused-ring (bicyclic) bond motifs is 1. The van der Waals surface area contributed by atoms with Crippen LogP contribution in [0.1, 0.15) is 45.6 Å². The van der Waals surface area contributed by atoms with E-state index in [9.17, 15) is 19.1 Å². The first-order valence-electron chi connectivity index (χ1n) is 10.2. The second kappa shape index (κ2) is 9.07. The molecule has 0 saturated heterocycles. The molecule has 0 fully saturated rings. The van der Waals surface area contributed by atoms with Crippen LogP contribution in [0.15, 0.2) is 54.9 Å². The Morgan fingerprint density at radius 3 is 2.73 bits per heavy atom. The molecule has 4 rings (SSSR count). The third kappa shape index (κ3) is 4.21. The Kier molecular flexibility index (Phi) is 6.20. The standard InChI is InChI=1S/C24H21ClFN3O4/c1-33-15-4-5-17(21(30)11-15)24(32)29(22(23(27)31)13-3-2-8-28-12-13)20-7-6-16-18(20)9-14(25)10-19(16)26/h2-5,8-12,20,22,30H,6-7H2,1H3,(H2,27,31)/t20-,22?/m1/s1. The summed E-state index contributed by atoms with van der Waals surface area (Å²) in [4.78, 5) is 31.8. The summed E-state index contributed by atoms with van der Waals surface area (Å²) >= 11 is 6.11. The summed E-state index contributed by atoms with van der Waals surface area (Å²) < 4.78 is 19.7. The molecule has 3 N–H and O–H groups in total. The minimum atomic E-state index is -1.22. The number of rotatable bonds is 6. The van der Waals surface area contributed by atoms with E-state index < -0.39 is 29.7 Å². The van der Waals surface area contributed by atoms with Gasteiger partial charge in [0.05, 0.1) is 18.7 Å². The SMILES string of the molecule is COc1ccc(C(=O)N(C(C(N)=O)c2cccnc2)[C@@H]2CCc3c(F)cc(Cl)cc32)c(O)c1. The number of phenolic OH excluding ortho intramolecular Hbond substituents is 1. The van der Waals surface area contributed by atoms with Crippen LogP contribution in [0.2, 0.25) is 5.02 Å². The molecule has 3 aromatic rings. The number of pyridine rings is 1. The number of nitrogens with two attached hydrogens (primary N) is 1. The van der Waals surface area contributed by atoms with Crippen molar-refractivity contribution in [2.24, 2.45) is 5.73 Å². The van der Waals surface area contributed by atoms with E-state index in [1.54, 1.807) is 18.2 Å². The molecule has 1 aliphatic carbocycles. The van der Waals surface area contributed by atoms with Gasteiger partial charge in [-0.3, -0.25) is 14.6 Å². The zero-order valence-electron chi connectivity index (χ0n) is 17.7. The Hall–Kier alpha value is -3.65. The fourth-order valence-electron chi connectivity index (χ4n) is 4.31. The van der Waals surface area contributed by atoms with Gasteiger partial charge in [0.25, 0.3) is 5.91 Å². The highest BCUT2D eigenvalue weighted by molar-refractivity contribution is 6.30. The number of methoxy groups -OCH3 is 1. The lowest BCUT2D eigenvalue weighted by atomic mass is 9.98. The van der Waals surface area contributed by atoms with Crippen LogP contribution in [-0.2, 0) is 11.2 Å². The fourth-order valence-corrected chi connectivity index (χ4v) is 4.52. The van der Waals surface area contributed by atoms with E-state index in [4.69, 9.17) is 22.1 Å². The Morgan fingerprint density at radius 2 is 2.09 bits per heavy atom. The van der Waals surface area contributed by atoms with E-state index in [1.165, 1.54) is 48.7 Å². The number of carbonyl (C=O) groups excluding carboxylic acids is 2. The van der Waals surface area contributed by atoms with Crippen molar-refractivity contribution in [1.29, 1.82) is 0 Å². The lowest BCUT2D eigenvalue weighted by Crippen LogP contribution is -2.43. The number of hydrogen-bond acceptors (Lipinski definition) is 5. The van der Waals surface area contributed by atoms with Gasteiger partial charge >= 0.3 is 0 Å². The molecule has 1 aromatic heterocycles. The maximum atomic E-state index is 14.6. The van der Waals surface area contributed by atoms with Gasteiger partial charge in [-0.1, -0.05) is 17.7 Å². The average molecular weight is 470 g/mol. The van der Waals surface area contributed by atoms with Gasteiger partial charge in [0.15, 0.2) is 0 Å². The summed E-state index contributed by atoms with van der Waals surface area (Å²) in [5.41, 5.74) is 7.03. The van der Waals surface area contributed by atoms with E-state index in [2.05, 4.69) is 4.98 Å². The van der Waals surface area contributed by atoms with E-state index in [1.807, 2.05) is 0 Å². The fraction of sp³-hybridized carbons (Fsp3) is 0.208. The Balaban J connectivity index is 1.89. The lowest BCUT2D eigenvalue weighted by Gasteiger charge is -2.36. The summed E-state index contributed by atoms with van der Waals surface area (Å²) in [5, 5.41) is 10.7. The molecule has 7 nitrogen and oxygen atoms in total. The van der Waals surface area contributed by atoms with Gasteiger partial charge in [-0.05, 0) is 54.3 Å². The maximum Gasteiger partial charge on any atom is 0.259 e. The van der Waals surface area contributed by atoms with Gasteiger partial charge in [-0.25, -0.2) is 4.39 Å². The predicted octanol–water partition coefficient (Wildman–Crippen LogP) is 3.94. The van der Waals surface area contributed by atoms with Crippen LogP contribution < -0.4 is 10.5 Å². The van der Waals surface area contributed by atoms with Gasteiger partial charge in [-0.2, -0.15) is 0 Å². The summed E-state index contributed by atoms with van der Waals surface area (Å²) in [5.74, 6) is -1.89. The predicted molar refractivity (Wildman–Crippen MR) is 119 cm³/mol. The van der Waals surface area contributed by atoms with Gasteiger partial charge in [-0.15, -0.1) is 0 Å². The molecule has 0 saturated carbocycles. The quantitative estimate of drug-likeness (QED) is 0.568. The van der Waals surface area contributed by atoms with Crippen LogP contribution in [0, 0.1) is 5.82 Å². The number of benzene rings is 2. The van der Waals surface area contributed by atoms with Crippen LogP contribution in [-0.4, -0.2) is 33.9 Å². The van der Waals surface area contributed by atoms with E-state index in [0.29, 0.717) is 35.3 Å². The molecule has 33 heavy (non-hydrogen) atoms. The number of amides is 2. The normalized spacial score (nSPS) is 15.5. The van der Waals surface area contributed by atoms with E-state index in [-0.39, 0.29) is 16.3 Å². The summed E-state index contributed by atoms with van der Waals surface area (Å²) in [7, 11) is 1.43. The second-order valence-electron chi connectivity index (χ2n) is 7.70. The first-order chi connectivity index (χ1) is 15.8. The molecular weight excluding hydrogens is 449 g/mol. The van der Waals surface area contributed by atoms with Crippen molar-refractivity contribution in [2.45, 2.75) is 24.9 Å². The first kappa shape index (κ1) is 22.5. The van der Waals surface area contributed by atoms with Gasteiger partial charge in [0.1, 0.15) is 23.4 Å². The highest BCUT2D eigenvalue weighted by atomic mass is 35.5. The van der Waals surface area contributed by atoms with Crippen LogP contribution in [0.5, 0.6) is 11.5 Å². The largest absolute Gasteiger partial charge is 0.507 e. The molecule has 0 aliphatic heterocycles. The first-order valence-corrected chi connectivity index (χ1v) is 10.6. The van der Waals surface area contributed by atoms with Gasteiger partial charge in [0, 0.05) is 29.0 Å². The highest BCUT2D eigenvalue weighted by Gasteiger charge is 2.41. The van der Waals surface area contributed by atoms with Crippen LogP contribution in [0.3, 0.4) is 0 Å². The smallest absolute Gasteiger partial charge is 0.259 e. The maximum absolute atomic E-state index is 14.6. The number of halogens is 2. The van der Waals surface area contributed by atoms with Crippen molar-refractivity contribution < 1.29 is 23.8 Å². The lowest BCUT2D eigenvalue weighted by molar-refractivity contribution is -0.123. The number of ether oxygens (including phenoxy) is 1. The van der Waals surface area contributed by atoms with Crippen molar-refractivity contribution in [3.63, 3.8) is 0 Å². The molecule has 170 valence electrons. The monoisotopic (exact) mass is 469 g/mol. The summed E-state index contributed by atoms with van der Waals surface area (Å²) in [6.45, 7) is 0. The van der Waals surface area contributed by atoms with Crippen molar-refractivity contribution in [3.05, 3.63) is 88.0 Å². The van der Waals surface area contributed by atoms with Crippen LogP contribution in [0.25, 0.3) is 0 Å². The molecule has 2 amide bonds. The number of hydrogen-bond donors (Lipinski definition) is 2. The molecule has 0 radical (unpaired) electrons. The summed E-state index contributed by atoms with van der Waals surface area (Å²) in [6, 6.07) is 8.36. The van der Waals surface area contributed by atoms with Crippen molar-refractivity contribution in [3.8, 4) is 11.5 Å².